The van der Waals surface area contributed by atoms with Crippen LogP contribution in [0.1, 0.15) is 26.2 Å². The third-order valence-electron chi connectivity index (χ3n) is 3.56. The van der Waals surface area contributed by atoms with E-state index in [1.807, 2.05) is 31.3 Å². The molecule has 0 bridgehead atoms. The van der Waals surface area contributed by atoms with Gasteiger partial charge in [0.25, 0.3) is 0 Å². The van der Waals surface area contributed by atoms with Crippen molar-refractivity contribution in [2.24, 2.45) is 0 Å². The lowest BCUT2D eigenvalue weighted by molar-refractivity contribution is 0.219. The number of hydrogen-bond acceptors (Lipinski definition) is 5. The Balaban J connectivity index is 1.87. The van der Waals surface area contributed by atoms with Gasteiger partial charge in [0.2, 0.25) is 5.95 Å². The van der Waals surface area contributed by atoms with E-state index in [1.54, 1.807) is 0 Å². The molecule has 106 valence electrons. The van der Waals surface area contributed by atoms with Gasteiger partial charge in [-0.2, -0.15) is 4.98 Å². The van der Waals surface area contributed by atoms with E-state index in [-0.39, 0.29) is 0 Å². The lowest BCUT2D eigenvalue weighted by Gasteiger charge is -2.32. The highest BCUT2D eigenvalue weighted by Gasteiger charge is 2.19. The Bertz CT molecular complexity index is 385. The molecule has 0 spiro atoms. The fourth-order valence-electron chi connectivity index (χ4n) is 2.47. The van der Waals surface area contributed by atoms with Crippen LogP contribution < -0.4 is 10.2 Å². The number of rotatable bonds is 5. The van der Waals surface area contributed by atoms with Crippen molar-refractivity contribution >= 4 is 11.8 Å². The zero-order valence-corrected chi connectivity index (χ0v) is 12.3. The van der Waals surface area contributed by atoms with Gasteiger partial charge in [0.05, 0.1) is 0 Å². The van der Waals surface area contributed by atoms with E-state index in [1.165, 1.54) is 38.9 Å². The Morgan fingerprint density at radius 2 is 2.11 bits per heavy atom. The second kappa shape index (κ2) is 6.70. The molecule has 5 heteroatoms. The minimum absolute atomic E-state index is 0.505. The Kier molecular flexibility index (Phi) is 4.96. The largest absolute Gasteiger partial charge is 0.363 e. The molecule has 1 aromatic heterocycles. The molecule has 0 aromatic carbocycles. The summed E-state index contributed by atoms with van der Waals surface area (Å²) in [4.78, 5) is 13.4. The normalized spacial score (nSPS) is 17.4. The zero-order chi connectivity index (χ0) is 13.7. The van der Waals surface area contributed by atoms with Crippen LogP contribution in [0.5, 0.6) is 0 Å². The number of piperidine rings is 1. The molecule has 0 aliphatic carbocycles. The Morgan fingerprint density at radius 1 is 1.37 bits per heavy atom. The van der Waals surface area contributed by atoms with E-state index in [9.17, 15) is 0 Å². The maximum absolute atomic E-state index is 4.51. The van der Waals surface area contributed by atoms with Crippen LogP contribution in [0.4, 0.5) is 11.8 Å². The summed E-state index contributed by atoms with van der Waals surface area (Å²) in [5.41, 5.74) is 0. The van der Waals surface area contributed by atoms with Crippen molar-refractivity contribution < 1.29 is 0 Å². The highest BCUT2D eigenvalue weighted by Crippen LogP contribution is 2.15. The summed E-state index contributed by atoms with van der Waals surface area (Å²) in [5, 5.41) is 3.46. The van der Waals surface area contributed by atoms with Gasteiger partial charge in [0, 0.05) is 39.4 Å². The van der Waals surface area contributed by atoms with Gasteiger partial charge in [-0.3, -0.25) is 0 Å². The first kappa shape index (κ1) is 14.1. The SMILES string of the molecule is CCCN1CCC(Nc2nccc(N(C)C)n2)CC1. The summed E-state index contributed by atoms with van der Waals surface area (Å²) in [6.45, 7) is 5.82. The molecule has 0 amide bonds. The van der Waals surface area contributed by atoms with Gasteiger partial charge in [0.1, 0.15) is 5.82 Å². The average molecular weight is 263 g/mol. The number of nitrogens with one attached hydrogen (secondary N) is 1. The van der Waals surface area contributed by atoms with Crippen LogP contribution in [-0.2, 0) is 0 Å². The average Bonchev–Trinajstić information content (AvgIpc) is 2.42. The van der Waals surface area contributed by atoms with Gasteiger partial charge in [0.15, 0.2) is 0 Å². The molecular formula is C14H25N5. The minimum atomic E-state index is 0.505. The Labute approximate surface area is 116 Å². The van der Waals surface area contributed by atoms with Crippen LogP contribution in [0.2, 0.25) is 0 Å². The molecule has 19 heavy (non-hydrogen) atoms. The van der Waals surface area contributed by atoms with Crippen molar-refractivity contribution in [2.45, 2.75) is 32.2 Å². The van der Waals surface area contributed by atoms with Crippen molar-refractivity contribution in [1.29, 1.82) is 0 Å². The van der Waals surface area contributed by atoms with Crippen LogP contribution in [0.3, 0.4) is 0 Å². The lowest BCUT2D eigenvalue weighted by atomic mass is 10.1. The highest BCUT2D eigenvalue weighted by atomic mass is 15.2. The topological polar surface area (TPSA) is 44.3 Å². The lowest BCUT2D eigenvalue weighted by Crippen LogP contribution is -2.39. The molecule has 1 aromatic rings. The molecule has 1 aliphatic heterocycles. The molecule has 0 atom stereocenters. The molecule has 2 heterocycles. The Hall–Kier alpha value is -1.36. The highest BCUT2D eigenvalue weighted by molar-refractivity contribution is 5.41. The molecule has 1 N–H and O–H groups in total. The van der Waals surface area contributed by atoms with Crippen molar-refractivity contribution in [3.05, 3.63) is 12.3 Å². The van der Waals surface area contributed by atoms with Crippen LogP contribution in [-0.4, -0.2) is 54.6 Å². The summed E-state index contributed by atoms with van der Waals surface area (Å²) in [6.07, 6.45) is 5.41. The summed E-state index contributed by atoms with van der Waals surface area (Å²) in [6, 6.07) is 2.43. The van der Waals surface area contributed by atoms with Crippen LogP contribution >= 0.6 is 0 Å². The third-order valence-corrected chi connectivity index (χ3v) is 3.56. The molecule has 0 unspecified atom stereocenters. The summed E-state index contributed by atoms with van der Waals surface area (Å²) >= 11 is 0. The smallest absolute Gasteiger partial charge is 0.224 e. The monoisotopic (exact) mass is 263 g/mol. The molecule has 2 rings (SSSR count). The van der Waals surface area contributed by atoms with E-state index < -0.39 is 0 Å². The van der Waals surface area contributed by atoms with E-state index in [0.717, 1.165) is 11.8 Å². The molecule has 0 radical (unpaired) electrons. The quantitative estimate of drug-likeness (QED) is 0.878. The summed E-state index contributed by atoms with van der Waals surface area (Å²) in [7, 11) is 3.99. The maximum atomic E-state index is 4.51. The molecule has 5 nitrogen and oxygen atoms in total. The van der Waals surface area contributed by atoms with Gasteiger partial charge in [-0.05, 0) is 31.9 Å². The van der Waals surface area contributed by atoms with Gasteiger partial charge < -0.3 is 15.1 Å². The van der Waals surface area contributed by atoms with Crippen molar-refractivity contribution in [3.8, 4) is 0 Å². The fourth-order valence-corrected chi connectivity index (χ4v) is 2.47. The number of nitrogens with zero attached hydrogens (tertiary/aromatic N) is 4. The van der Waals surface area contributed by atoms with E-state index in [4.69, 9.17) is 0 Å². The van der Waals surface area contributed by atoms with Gasteiger partial charge in [-0.1, -0.05) is 6.92 Å². The van der Waals surface area contributed by atoms with Crippen LogP contribution in [0.15, 0.2) is 12.3 Å². The second-order valence-electron chi connectivity index (χ2n) is 5.39. The molecule has 1 fully saturated rings. The summed E-state index contributed by atoms with van der Waals surface area (Å²) in [5.74, 6) is 1.70. The van der Waals surface area contributed by atoms with Crippen molar-refractivity contribution in [2.75, 3.05) is 43.9 Å². The first-order chi connectivity index (χ1) is 9.19. The van der Waals surface area contributed by atoms with Crippen LogP contribution in [0.25, 0.3) is 0 Å². The second-order valence-corrected chi connectivity index (χ2v) is 5.39. The van der Waals surface area contributed by atoms with Crippen LogP contribution in [0, 0.1) is 0 Å². The molecule has 1 aliphatic rings. The predicted octanol–water partition coefficient (Wildman–Crippen LogP) is 1.83. The standard InChI is InChI=1S/C14H25N5/c1-4-9-19-10-6-12(7-11-19)16-14-15-8-5-13(17-14)18(2)3/h5,8,12H,4,6-7,9-11H2,1-3H3,(H,15,16,17). The third kappa shape index (κ3) is 4.06. The van der Waals surface area contributed by atoms with E-state index >= 15 is 0 Å². The minimum Gasteiger partial charge on any atom is -0.363 e. The molecule has 0 saturated carbocycles. The number of anilines is 2. The van der Waals surface area contributed by atoms with Gasteiger partial charge >= 0.3 is 0 Å². The summed E-state index contributed by atoms with van der Waals surface area (Å²) < 4.78 is 0. The van der Waals surface area contributed by atoms with Gasteiger partial charge in [-0.25, -0.2) is 4.98 Å². The first-order valence-electron chi connectivity index (χ1n) is 7.18. The molecule has 1 saturated heterocycles. The first-order valence-corrected chi connectivity index (χ1v) is 7.18. The zero-order valence-electron chi connectivity index (χ0n) is 12.3. The van der Waals surface area contributed by atoms with E-state index in [2.05, 4.69) is 27.1 Å². The predicted molar refractivity (Wildman–Crippen MR) is 79.7 cm³/mol. The maximum Gasteiger partial charge on any atom is 0.224 e. The van der Waals surface area contributed by atoms with Crippen molar-refractivity contribution in [3.63, 3.8) is 0 Å². The Morgan fingerprint density at radius 3 is 2.74 bits per heavy atom. The fraction of sp³-hybridized carbons (Fsp3) is 0.714. The van der Waals surface area contributed by atoms with Gasteiger partial charge in [-0.15, -0.1) is 0 Å². The molecular weight excluding hydrogens is 238 g/mol. The number of aromatic nitrogens is 2. The number of hydrogen-bond donors (Lipinski definition) is 1. The van der Waals surface area contributed by atoms with E-state index in [0.29, 0.717) is 6.04 Å². The van der Waals surface area contributed by atoms with Crippen molar-refractivity contribution in [1.82, 2.24) is 14.9 Å². The number of likely N-dealkylation sites (tertiary alicyclic amines) is 1.